The van der Waals surface area contributed by atoms with Crippen molar-refractivity contribution in [2.45, 2.75) is 96.1 Å². The number of phenolic OH excluding ortho intramolecular Hbond substituents is 1. The Kier molecular flexibility index (Phi) is 9.42. The zero-order chi connectivity index (χ0) is 29.0. The number of hydrogen-bond donors (Lipinski definition) is 3. The molecule has 1 saturated carbocycles. The van der Waals surface area contributed by atoms with E-state index < -0.39 is 8.32 Å². The molecule has 0 aromatic heterocycles. The molecule has 4 heteroatoms. The summed E-state index contributed by atoms with van der Waals surface area (Å²) in [6, 6.07) is 26.8. The normalized spacial score (nSPS) is 23.1. The van der Waals surface area contributed by atoms with Crippen molar-refractivity contribution < 1.29 is 15.0 Å². The molecule has 0 bridgehead atoms. The van der Waals surface area contributed by atoms with Crippen molar-refractivity contribution in [3.05, 3.63) is 90.0 Å². The molecule has 2 aliphatic rings. The molecule has 0 saturated heterocycles. The van der Waals surface area contributed by atoms with Gasteiger partial charge in [-0.25, -0.2) is 0 Å². The highest BCUT2D eigenvalue weighted by atomic mass is 28.4. The van der Waals surface area contributed by atoms with Crippen LogP contribution in [0.3, 0.4) is 0 Å². The predicted octanol–water partition coefficient (Wildman–Crippen LogP) is 7.00. The van der Waals surface area contributed by atoms with Crippen molar-refractivity contribution in [3.8, 4) is 5.75 Å². The van der Waals surface area contributed by atoms with Gasteiger partial charge in [-0.15, -0.1) is 0 Å². The van der Waals surface area contributed by atoms with Crippen molar-refractivity contribution in [2.24, 2.45) is 23.7 Å². The minimum absolute atomic E-state index is 0.228. The summed E-state index contributed by atoms with van der Waals surface area (Å²) in [7, 11) is -3.10. The van der Waals surface area contributed by atoms with Gasteiger partial charge in [-0.2, -0.15) is 0 Å². The van der Waals surface area contributed by atoms with Crippen LogP contribution in [0.4, 0.5) is 0 Å². The molecule has 0 heterocycles. The van der Waals surface area contributed by atoms with E-state index in [4.69, 9.17) is 0 Å². The van der Waals surface area contributed by atoms with Crippen molar-refractivity contribution in [1.82, 2.24) is 0 Å². The van der Waals surface area contributed by atoms with Gasteiger partial charge in [0.2, 0.25) is 0 Å². The molecule has 0 amide bonds. The van der Waals surface area contributed by atoms with Crippen LogP contribution >= 0.6 is 0 Å². The van der Waals surface area contributed by atoms with E-state index in [0.29, 0.717) is 29.4 Å². The second-order valence-electron chi connectivity index (χ2n) is 13.7. The summed E-state index contributed by atoms with van der Waals surface area (Å²) in [6.45, 7) is 6.82. The molecular formula is C37H50O3Si. The Balaban J connectivity index is 1.44. The first-order valence-corrected chi connectivity index (χ1v) is 18.0. The summed E-state index contributed by atoms with van der Waals surface area (Å²) in [5.41, 5.74) is 2.45. The Morgan fingerprint density at radius 1 is 0.854 bits per heavy atom. The first-order valence-electron chi connectivity index (χ1n) is 16.1. The number of phenols is 1. The summed E-state index contributed by atoms with van der Waals surface area (Å²) in [5.74, 6) is 2.55. The van der Waals surface area contributed by atoms with Crippen LogP contribution in [0.15, 0.2) is 78.9 Å². The first-order chi connectivity index (χ1) is 19.7. The Morgan fingerprint density at radius 3 is 2.15 bits per heavy atom. The van der Waals surface area contributed by atoms with Crippen LogP contribution in [0.5, 0.6) is 5.75 Å². The lowest BCUT2D eigenvalue weighted by Gasteiger charge is -2.44. The molecule has 3 N–H and O–H groups in total. The summed E-state index contributed by atoms with van der Waals surface area (Å²) in [4.78, 5) is 12.9. The van der Waals surface area contributed by atoms with Gasteiger partial charge in [-0.1, -0.05) is 113 Å². The van der Waals surface area contributed by atoms with Gasteiger partial charge in [-0.3, -0.25) is 0 Å². The number of fused-ring (bicyclic) bond motifs is 2. The fraction of sp³-hybridized carbons (Fsp3) is 0.514. The predicted molar refractivity (Wildman–Crippen MR) is 172 cm³/mol. The molecule has 3 aromatic carbocycles. The second kappa shape index (κ2) is 12.9. The van der Waals surface area contributed by atoms with Crippen LogP contribution in [-0.2, 0) is 12.8 Å². The van der Waals surface area contributed by atoms with Gasteiger partial charge in [0.1, 0.15) is 5.75 Å². The number of hydrogen-bond acceptors (Lipinski definition) is 3. The molecule has 1 fully saturated rings. The van der Waals surface area contributed by atoms with E-state index in [1.807, 2.05) is 24.3 Å². The number of aromatic hydroxyl groups is 1. The van der Waals surface area contributed by atoms with Crippen LogP contribution in [0, 0.1) is 23.7 Å². The van der Waals surface area contributed by atoms with Gasteiger partial charge in [0.25, 0.3) is 8.32 Å². The first kappa shape index (κ1) is 30.1. The quantitative estimate of drug-likeness (QED) is 0.162. The maximum absolute atomic E-state index is 12.9. The SMILES string of the molecule is CCCCC[C@H](O)CC[C@H]1[C@H](CC(C)(C)[Si](O)(c2ccccc2)c2ccccc2)C[C@@H]2Cc3c(O)cccc3C[C@@H]21. The van der Waals surface area contributed by atoms with Crippen LogP contribution in [-0.4, -0.2) is 29.4 Å². The van der Waals surface area contributed by atoms with Crippen LogP contribution in [0.1, 0.15) is 83.3 Å². The Bertz CT molecular complexity index is 1220. The molecule has 220 valence electrons. The Morgan fingerprint density at radius 2 is 1.51 bits per heavy atom. The lowest BCUT2D eigenvalue weighted by molar-refractivity contribution is 0.126. The molecular weight excluding hydrogens is 520 g/mol. The van der Waals surface area contributed by atoms with Gasteiger partial charge in [-0.05, 0) is 101 Å². The lowest BCUT2D eigenvalue weighted by atomic mass is 9.72. The number of aliphatic hydroxyl groups excluding tert-OH is 1. The van der Waals surface area contributed by atoms with E-state index in [2.05, 4.69) is 75.4 Å². The molecule has 0 unspecified atom stereocenters. The summed E-state index contributed by atoms with van der Waals surface area (Å²) in [6.07, 6.45) is 10.1. The van der Waals surface area contributed by atoms with E-state index in [1.165, 1.54) is 18.4 Å². The van der Waals surface area contributed by atoms with Crippen molar-refractivity contribution in [1.29, 1.82) is 0 Å². The fourth-order valence-corrected chi connectivity index (χ4v) is 12.3. The van der Waals surface area contributed by atoms with Gasteiger partial charge >= 0.3 is 0 Å². The molecule has 3 aromatic rings. The number of benzene rings is 3. The number of rotatable bonds is 12. The van der Waals surface area contributed by atoms with Crippen molar-refractivity contribution in [3.63, 3.8) is 0 Å². The molecule has 0 aliphatic heterocycles. The minimum atomic E-state index is -3.10. The number of aliphatic hydroxyl groups is 1. The molecule has 5 atom stereocenters. The molecule has 0 spiro atoms. The maximum atomic E-state index is 12.9. The number of unbranched alkanes of at least 4 members (excludes halogenated alkanes) is 2. The highest BCUT2D eigenvalue weighted by Gasteiger charge is 2.54. The van der Waals surface area contributed by atoms with E-state index in [0.717, 1.165) is 67.3 Å². The average Bonchev–Trinajstić information content (AvgIpc) is 3.30. The third-order valence-electron chi connectivity index (χ3n) is 10.6. The molecule has 5 rings (SSSR count). The molecule has 3 nitrogen and oxygen atoms in total. The van der Waals surface area contributed by atoms with Crippen molar-refractivity contribution >= 4 is 18.7 Å². The second-order valence-corrected chi connectivity index (χ2v) is 17.6. The van der Waals surface area contributed by atoms with Gasteiger partial charge < -0.3 is 15.0 Å². The fourth-order valence-electron chi connectivity index (χ4n) is 8.51. The van der Waals surface area contributed by atoms with E-state index >= 15 is 0 Å². The standard InChI is InChI=1S/C37H50O3Si/c1-4-5-8-15-30(38)21-22-33-29(23-28-25-35-27(24-34(28)33)14-13-20-36(35)39)26-37(2,3)41(40,31-16-9-6-10-17-31)32-18-11-7-12-19-32/h6-7,9-14,16-20,28-30,33-34,38-40H,4-5,8,15,21-26H2,1-3H3/t28-,29+,30+,33+,34+/m1/s1. The van der Waals surface area contributed by atoms with E-state index in [9.17, 15) is 15.0 Å². The summed E-state index contributed by atoms with van der Waals surface area (Å²) in [5, 5.41) is 23.4. The third kappa shape index (κ3) is 6.21. The average molecular weight is 571 g/mol. The van der Waals surface area contributed by atoms with Crippen molar-refractivity contribution in [2.75, 3.05) is 0 Å². The molecule has 2 aliphatic carbocycles. The monoisotopic (exact) mass is 570 g/mol. The summed E-state index contributed by atoms with van der Waals surface area (Å²) >= 11 is 0. The highest BCUT2D eigenvalue weighted by Crippen LogP contribution is 2.56. The van der Waals surface area contributed by atoms with Crippen LogP contribution < -0.4 is 10.4 Å². The minimum Gasteiger partial charge on any atom is -0.508 e. The van der Waals surface area contributed by atoms with E-state index in [-0.39, 0.29) is 11.1 Å². The maximum Gasteiger partial charge on any atom is 0.258 e. The zero-order valence-corrected chi connectivity index (χ0v) is 26.3. The largest absolute Gasteiger partial charge is 0.508 e. The summed E-state index contributed by atoms with van der Waals surface area (Å²) < 4.78 is 0. The van der Waals surface area contributed by atoms with Crippen LogP contribution in [0.25, 0.3) is 0 Å². The van der Waals surface area contributed by atoms with Gasteiger partial charge in [0.05, 0.1) is 6.10 Å². The van der Waals surface area contributed by atoms with Gasteiger partial charge in [0.15, 0.2) is 0 Å². The zero-order valence-electron chi connectivity index (χ0n) is 25.3. The Labute approximate surface area is 248 Å². The van der Waals surface area contributed by atoms with Crippen LogP contribution in [0.2, 0.25) is 5.04 Å². The van der Waals surface area contributed by atoms with Gasteiger partial charge in [0, 0.05) is 0 Å². The smallest absolute Gasteiger partial charge is 0.258 e. The Hall–Kier alpha value is -2.40. The molecule has 41 heavy (non-hydrogen) atoms. The topological polar surface area (TPSA) is 60.7 Å². The third-order valence-corrected chi connectivity index (χ3v) is 15.1. The lowest BCUT2D eigenvalue weighted by Crippen LogP contribution is -2.65. The molecule has 0 radical (unpaired) electrons. The highest BCUT2D eigenvalue weighted by molar-refractivity contribution is 6.98. The van der Waals surface area contributed by atoms with E-state index in [1.54, 1.807) is 0 Å².